The smallest absolute Gasteiger partial charge is 0.255 e. The molecule has 0 spiro atoms. The number of anilines is 2. The van der Waals surface area contributed by atoms with E-state index in [0.717, 1.165) is 11.8 Å². The van der Waals surface area contributed by atoms with Crippen LogP contribution in [0.5, 0.6) is 0 Å². The largest absolute Gasteiger partial charge is 0.322 e. The van der Waals surface area contributed by atoms with Crippen LogP contribution in [0.3, 0.4) is 0 Å². The third-order valence-electron chi connectivity index (χ3n) is 4.39. The van der Waals surface area contributed by atoms with Crippen molar-refractivity contribution >= 4 is 50.5 Å². The molecule has 0 saturated heterocycles. The van der Waals surface area contributed by atoms with E-state index >= 15 is 0 Å². The van der Waals surface area contributed by atoms with Gasteiger partial charge in [0.1, 0.15) is 0 Å². The Morgan fingerprint density at radius 3 is 2.03 bits per heavy atom. The molecule has 0 aromatic heterocycles. The predicted octanol–water partition coefficient (Wildman–Crippen LogP) is 5.52. The molecule has 0 radical (unpaired) electrons. The topological polar surface area (TPSA) is 66.5 Å². The quantitative estimate of drug-likeness (QED) is 0.524. The second kappa shape index (κ2) is 9.08. The molecule has 0 aliphatic heterocycles. The Balaban J connectivity index is 1.78. The zero-order chi connectivity index (χ0) is 21.9. The van der Waals surface area contributed by atoms with Gasteiger partial charge in [0.15, 0.2) is 0 Å². The second-order valence-corrected chi connectivity index (χ2v) is 9.69. The van der Waals surface area contributed by atoms with Gasteiger partial charge in [-0.05, 0) is 55.0 Å². The van der Waals surface area contributed by atoms with Crippen LogP contribution in [0.4, 0.5) is 11.4 Å². The number of benzene rings is 3. The van der Waals surface area contributed by atoms with E-state index in [-0.39, 0.29) is 12.5 Å². The molecule has 0 aliphatic rings. The van der Waals surface area contributed by atoms with Crippen LogP contribution in [-0.4, -0.2) is 20.6 Å². The maximum Gasteiger partial charge on any atom is 0.255 e. The third kappa shape index (κ3) is 5.75. The van der Waals surface area contributed by atoms with Gasteiger partial charge in [-0.3, -0.25) is 9.10 Å². The SMILES string of the molecule is Cc1ccc(NC(=O)c2ccc(CN(c3cc(Cl)cc(Cl)c3)S(C)(=O)=O)cc2)cc1. The minimum absolute atomic E-state index is 0.0787. The summed E-state index contributed by atoms with van der Waals surface area (Å²) in [5, 5.41) is 3.52. The molecule has 0 unspecified atom stereocenters. The lowest BCUT2D eigenvalue weighted by Crippen LogP contribution is -2.29. The fourth-order valence-corrected chi connectivity index (χ4v) is 4.24. The fourth-order valence-electron chi connectivity index (χ4n) is 2.85. The number of sulfonamides is 1. The number of hydrogen-bond donors (Lipinski definition) is 1. The normalized spacial score (nSPS) is 11.2. The van der Waals surface area contributed by atoms with Crippen LogP contribution in [0.1, 0.15) is 21.5 Å². The average molecular weight is 463 g/mol. The van der Waals surface area contributed by atoms with Crippen molar-refractivity contribution in [1.82, 2.24) is 0 Å². The lowest BCUT2D eigenvalue weighted by Gasteiger charge is -2.23. The van der Waals surface area contributed by atoms with Crippen molar-refractivity contribution in [3.05, 3.63) is 93.5 Å². The molecule has 3 aromatic carbocycles. The summed E-state index contributed by atoms with van der Waals surface area (Å²) in [5.41, 5.74) is 3.36. The van der Waals surface area contributed by atoms with Crippen molar-refractivity contribution in [3.63, 3.8) is 0 Å². The molecule has 30 heavy (non-hydrogen) atoms. The summed E-state index contributed by atoms with van der Waals surface area (Å²) in [7, 11) is -3.58. The monoisotopic (exact) mass is 462 g/mol. The summed E-state index contributed by atoms with van der Waals surface area (Å²) in [6.45, 7) is 2.05. The summed E-state index contributed by atoms with van der Waals surface area (Å²) >= 11 is 12.1. The Kier molecular flexibility index (Phi) is 6.71. The summed E-state index contributed by atoms with van der Waals surface area (Å²) in [6.07, 6.45) is 1.12. The molecule has 0 atom stereocenters. The number of amides is 1. The van der Waals surface area contributed by atoms with Gasteiger partial charge in [0.05, 0.1) is 18.5 Å². The Morgan fingerprint density at radius 1 is 0.933 bits per heavy atom. The molecular weight excluding hydrogens is 443 g/mol. The standard InChI is InChI=1S/C22H20Cl2N2O3S/c1-15-3-9-20(10-4-15)25-22(27)17-7-5-16(6-8-17)14-26(30(2,28)29)21-12-18(23)11-19(24)13-21/h3-13H,14H2,1-2H3,(H,25,27). The molecule has 0 heterocycles. The molecule has 1 amide bonds. The van der Waals surface area contributed by atoms with Gasteiger partial charge >= 0.3 is 0 Å². The van der Waals surface area contributed by atoms with Crippen LogP contribution in [0.2, 0.25) is 10.0 Å². The highest BCUT2D eigenvalue weighted by Gasteiger charge is 2.19. The van der Waals surface area contributed by atoms with Gasteiger partial charge in [0, 0.05) is 21.3 Å². The van der Waals surface area contributed by atoms with Gasteiger partial charge in [-0.2, -0.15) is 0 Å². The van der Waals surface area contributed by atoms with Crippen molar-refractivity contribution in [2.24, 2.45) is 0 Å². The van der Waals surface area contributed by atoms with Crippen LogP contribution in [0, 0.1) is 6.92 Å². The van der Waals surface area contributed by atoms with E-state index in [0.29, 0.717) is 32.5 Å². The lowest BCUT2D eigenvalue weighted by atomic mass is 10.1. The van der Waals surface area contributed by atoms with E-state index in [1.807, 2.05) is 31.2 Å². The number of halogens is 2. The Hall–Kier alpha value is -2.54. The van der Waals surface area contributed by atoms with E-state index < -0.39 is 10.0 Å². The van der Waals surface area contributed by atoms with Crippen molar-refractivity contribution in [2.75, 3.05) is 15.9 Å². The number of carbonyl (C=O) groups excluding carboxylic acids is 1. The highest BCUT2D eigenvalue weighted by atomic mass is 35.5. The summed E-state index contributed by atoms with van der Waals surface area (Å²) in [6, 6.07) is 18.9. The first-order valence-corrected chi connectivity index (χ1v) is 11.6. The highest BCUT2D eigenvalue weighted by Crippen LogP contribution is 2.28. The first kappa shape index (κ1) is 22.2. The van der Waals surface area contributed by atoms with Crippen molar-refractivity contribution in [2.45, 2.75) is 13.5 Å². The highest BCUT2D eigenvalue weighted by molar-refractivity contribution is 7.92. The molecule has 8 heteroatoms. The number of carbonyl (C=O) groups is 1. The van der Waals surface area contributed by atoms with Crippen molar-refractivity contribution in [1.29, 1.82) is 0 Å². The van der Waals surface area contributed by atoms with Crippen LogP contribution in [0.25, 0.3) is 0 Å². The van der Waals surface area contributed by atoms with Crippen LogP contribution < -0.4 is 9.62 Å². The zero-order valence-electron chi connectivity index (χ0n) is 16.4. The molecule has 0 bridgehead atoms. The van der Waals surface area contributed by atoms with Crippen molar-refractivity contribution in [3.8, 4) is 0 Å². The van der Waals surface area contributed by atoms with Gasteiger partial charge < -0.3 is 5.32 Å². The molecule has 5 nitrogen and oxygen atoms in total. The first-order valence-electron chi connectivity index (χ1n) is 9.02. The first-order chi connectivity index (χ1) is 14.1. The van der Waals surface area contributed by atoms with Gasteiger partial charge in [-0.15, -0.1) is 0 Å². The summed E-state index contributed by atoms with van der Waals surface area (Å²) < 4.78 is 25.9. The third-order valence-corrected chi connectivity index (χ3v) is 5.96. The van der Waals surface area contributed by atoms with E-state index in [2.05, 4.69) is 5.32 Å². The Labute approximate surface area is 186 Å². The van der Waals surface area contributed by atoms with E-state index in [9.17, 15) is 13.2 Å². The maximum atomic E-state index is 12.4. The van der Waals surface area contributed by atoms with Gasteiger partial charge in [-0.25, -0.2) is 8.42 Å². The molecular formula is C22H20Cl2N2O3S. The molecule has 156 valence electrons. The molecule has 3 aromatic rings. The average Bonchev–Trinajstić information content (AvgIpc) is 2.66. The van der Waals surface area contributed by atoms with Crippen LogP contribution >= 0.6 is 23.2 Å². The Morgan fingerprint density at radius 2 is 1.50 bits per heavy atom. The zero-order valence-corrected chi connectivity index (χ0v) is 18.7. The molecule has 0 saturated carbocycles. The van der Waals surface area contributed by atoms with Crippen LogP contribution in [0.15, 0.2) is 66.7 Å². The number of nitrogens with one attached hydrogen (secondary N) is 1. The van der Waals surface area contributed by atoms with E-state index in [1.165, 1.54) is 22.5 Å². The minimum atomic E-state index is -3.58. The van der Waals surface area contributed by atoms with Crippen LogP contribution in [-0.2, 0) is 16.6 Å². The predicted molar refractivity (Wildman–Crippen MR) is 123 cm³/mol. The van der Waals surface area contributed by atoms with Gasteiger partial charge in [0.2, 0.25) is 10.0 Å². The number of aryl methyl sites for hydroxylation is 1. The number of hydrogen-bond acceptors (Lipinski definition) is 3. The van der Waals surface area contributed by atoms with E-state index in [4.69, 9.17) is 23.2 Å². The lowest BCUT2D eigenvalue weighted by molar-refractivity contribution is 0.102. The summed E-state index contributed by atoms with van der Waals surface area (Å²) in [4.78, 5) is 12.4. The molecule has 0 fully saturated rings. The van der Waals surface area contributed by atoms with Gasteiger partial charge in [-0.1, -0.05) is 53.0 Å². The number of rotatable bonds is 6. The van der Waals surface area contributed by atoms with Gasteiger partial charge in [0.25, 0.3) is 5.91 Å². The number of nitrogens with zero attached hydrogens (tertiary/aromatic N) is 1. The Bertz CT molecular complexity index is 1140. The maximum absolute atomic E-state index is 12.4. The molecule has 3 rings (SSSR count). The molecule has 1 N–H and O–H groups in total. The fraction of sp³-hybridized carbons (Fsp3) is 0.136. The second-order valence-electron chi connectivity index (χ2n) is 6.91. The molecule has 0 aliphatic carbocycles. The summed E-state index contributed by atoms with van der Waals surface area (Å²) in [5.74, 6) is -0.244. The minimum Gasteiger partial charge on any atom is -0.322 e. The van der Waals surface area contributed by atoms with E-state index in [1.54, 1.807) is 24.3 Å². The van der Waals surface area contributed by atoms with Crippen molar-refractivity contribution < 1.29 is 13.2 Å².